The van der Waals surface area contributed by atoms with Crippen LogP contribution < -0.4 is 5.32 Å². The Morgan fingerprint density at radius 2 is 1.97 bits per heavy atom. The highest BCUT2D eigenvalue weighted by atomic mass is 32.2. The largest absolute Gasteiger partial charge is 0.466 e. The van der Waals surface area contributed by atoms with Gasteiger partial charge in [0.15, 0.2) is 0 Å². The highest BCUT2D eigenvalue weighted by molar-refractivity contribution is 8.02. The molecule has 2 unspecified atom stereocenters. The number of rotatable bonds is 9. The Balaban J connectivity index is 1.67. The van der Waals surface area contributed by atoms with Crippen molar-refractivity contribution in [3.05, 3.63) is 29.3 Å². The van der Waals surface area contributed by atoms with Gasteiger partial charge in [-0.2, -0.15) is 0 Å². The molecule has 3 fully saturated rings. The molecule has 1 aromatic carbocycles. The number of hydrogen-bond acceptors (Lipinski definition) is 6. The molecule has 3 heterocycles. The lowest BCUT2D eigenvalue weighted by molar-refractivity contribution is -0.153. The van der Waals surface area contributed by atoms with Gasteiger partial charge in [0.2, 0.25) is 11.8 Å². The van der Waals surface area contributed by atoms with Gasteiger partial charge in [0.1, 0.15) is 6.04 Å². The van der Waals surface area contributed by atoms with E-state index >= 15 is 0 Å². The zero-order chi connectivity index (χ0) is 23.8. The van der Waals surface area contributed by atoms with Gasteiger partial charge in [-0.1, -0.05) is 18.2 Å². The average molecular weight is 475 g/mol. The van der Waals surface area contributed by atoms with E-state index in [1.54, 1.807) is 23.6 Å². The van der Waals surface area contributed by atoms with E-state index in [9.17, 15) is 14.4 Å². The second-order valence-corrected chi connectivity index (χ2v) is 11.0. The number of thioether (sulfide) groups is 1. The number of anilines is 1. The first kappa shape index (κ1) is 24.1. The minimum absolute atomic E-state index is 0.0186. The summed E-state index contributed by atoms with van der Waals surface area (Å²) < 4.78 is 4.75. The van der Waals surface area contributed by atoms with Gasteiger partial charge in [-0.05, 0) is 64.0 Å². The molecule has 2 N–H and O–H groups in total. The van der Waals surface area contributed by atoms with Crippen LogP contribution in [0.15, 0.2) is 18.2 Å². The van der Waals surface area contributed by atoms with Gasteiger partial charge in [-0.3, -0.25) is 14.4 Å². The monoisotopic (exact) mass is 474 g/mol. The van der Waals surface area contributed by atoms with Crippen molar-refractivity contribution in [1.29, 1.82) is 0 Å². The van der Waals surface area contributed by atoms with Crippen LogP contribution in [-0.4, -0.2) is 63.6 Å². The maximum atomic E-state index is 13.8. The highest BCUT2D eigenvalue weighted by Crippen LogP contribution is 2.66. The summed E-state index contributed by atoms with van der Waals surface area (Å²) in [4.78, 5) is 42.1. The number of hydrogen-bond donors (Lipinski definition) is 2. The lowest BCUT2D eigenvalue weighted by Crippen LogP contribution is -2.51. The van der Waals surface area contributed by atoms with Crippen molar-refractivity contribution < 1.29 is 24.2 Å². The first-order chi connectivity index (χ1) is 15.9. The Labute approximate surface area is 199 Å². The Morgan fingerprint density at radius 3 is 2.64 bits per heavy atom. The molecule has 33 heavy (non-hydrogen) atoms. The zero-order valence-electron chi connectivity index (χ0n) is 19.6. The molecule has 8 heteroatoms. The van der Waals surface area contributed by atoms with Crippen molar-refractivity contribution in [2.24, 2.45) is 11.8 Å². The van der Waals surface area contributed by atoms with E-state index < -0.39 is 22.6 Å². The molecule has 0 saturated carbocycles. The molecule has 3 saturated heterocycles. The molecule has 2 amide bonds. The van der Waals surface area contributed by atoms with Gasteiger partial charge in [0, 0.05) is 24.1 Å². The number of carbonyl (C=O) groups excluding carboxylic acids is 3. The van der Waals surface area contributed by atoms with Crippen LogP contribution in [0.4, 0.5) is 5.69 Å². The number of nitrogens with one attached hydrogen (secondary N) is 1. The van der Waals surface area contributed by atoms with E-state index in [2.05, 4.69) is 5.32 Å². The molecule has 1 aromatic rings. The molecular weight excluding hydrogens is 440 g/mol. The molecule has 1 spiro atoms. The number of amides is 2. The SMILES string of the molecule is CCOC(=O)[C@@H]1[C@@H]2CCC3(S2)C(C(=O)Nc2c(C)cccc2C)N(CCCCCO)C(=O)[C@H]13. The number of ether oxygens (including phenoxy) is 1. The minimum Gasteiger partial charge on any atom is -0.466 e. The summed E-state index contributed by atoms with van der Waals surface area (Å²) in [6.07, 6.45) is 3.70. The van der Waals surface area contributed by atoms with Crippen LogP contribution in [0.2, 0.25) is 0 Å². The molecule has 0 aliphatic carbocycles. The number of unbranched alkanes of at least 4 members (excludes halogenated alkanes) is 2. The summed E-state index contributed by atoms with van der Waals surface area (Å²) in [5, 5.41) is 12.3. The van der Waals surface area contributed by atoms with E-state index in [-0.39, 0.29) is 36.2 Å². The van der Waals surface area contributed by atoms with Crippen LogP contribution >= 0.6 is 11.8 Å². The van der Waals surface area contributed by atoms with E-state index in [4.69, 9.17) is 9.84 Å². The number of benzene rings is 1. The number of aliphatic hydroxyl groups excluding tert-OH is 1. The molecule has 4 rings (SSSR count). The van der Waals surface area contributed by atoms with Crippen LogP contribution in [-0.2, 0) is 19.1 Å². The minimum atomic E-state index is -0.627. The highest BCUT2D eigenvalue weighted by Gasteiger charge is 2.73. The van der Waals surface area contributed by atoms with E-state index in [1.165, 1.54) is 0 Å². The van der Waals surface area contributed by atoms with Crippen LogP contribution in [0.3, 0.4) is 0 Å². The number of aryl methyl sites for hydroxylation is 2. The maximum absolute atomic E-state index is 13.8. The number of nitrogens with zero attached hydrogens (tertiary/aromatic N) is 1. The summed E-state index contributed by atoms with van der Waals surface area (Å²) in [6, 6.07) is 5.25. The fourth-order valence-corrected chi connectivity index (χ4v) is 8.18. The van der Waals surface area contributed by atoms with Crippen LogP contribution in [0.5, 0.6) is 0 Å². The summed E-state index contributed by atoms with van der Waals surface area (Å²) in [5.74, 6) is -1.61. The number of likely N-dealkylation sites (tertiary alicyclic amines) is 1. The molecule has 2 bridgehead atoms. The maximum Gasteiger partial charge on any atom is 0.310 e. The molecule has 3 aliphatic rings. The number of para-hydroxylation sites is 1. The summed E-state index contributed by atoms with van der Waals surface area (Å²) in [7, 11) is 0. The Bertz CT molecular complexity index is 917. The summed E-state index contributed by atoms with van der Waals surface area (Å²) in [6.45, 7) is 6.54. The summed E-state index contributed by atoms with van der Waals surface area (Å²) >= 11 is 1.65. The van der Waals surface area contributed by atoms with Crippen LogP contribution in [0, 0.1) is 25.7 Å². The Hall–Kier alpha value is -2.06. The van der Waals surface area contributed by atoms with Gasteiger partial charge in [0.25, 0.3) is 0 Å². The van der Waals surface area contributed by atoms with Crippen molar-refractivity contribution in [2.75, 3.05) is 25.1 Å². The third-order valence-corrected chi connectivity index (χ3v) is 9.35. The number of fused-ring (bicyclic) bond motifs is 1. The first-order valence-electron chi connectivity index (χ1n) is 12.0. The lowest BCUT2D eigenvalue weighted by atomic mass is 9.71. The van der Waals surface area contributed by atoms with Crippen molar-refractivity contribution in [3.63, 3.8) is 0 Å². The molecule has 5 atom stereocenters. The third kappa shape index (κ3) is 4.05. The topological polar surface area (TPSA) is 95.9 Å². The zero-order valence-corrected chi connectivity index (χ0v) is 20.5. The fraction of sp³-hybridized carbons (Fsp3) is 0.640. The molecule has 7 nitrogen and oxygen atoms in total. The van der Waals surface area contributed by atoms with Gasteiger partial charge >= 0.3 is 5.97 Å². The fourth-order valence-electron chi connectivity index (χ4n) is 5.97. The Morgan fingerprint density at radius 1 is 1.24 bits per heavy atom. The molecule has 0 radical (unpaired) electrons. The lowest BCUT2D eigenvalue weighted by Gasteiger charge is -2.34. The van der Waals surface area contributed by atoms with Gasteiger partial charge < -0.3 is 20.1 Å². The normalized spacial score (nSPS) is 29.9. The standard InChI is InChI=1S/C25H34N2O5S/c1-4-32-24(31)18-17-11-12-25(33-17)19(18)23(30)27(13-6-5-7-14-28)21(25)22(29)26-20-15(2)9-8-10-16(20)3/h8-10,17-19,21,28H,4-7,11-14H2,1-3H3,(H,26,29)/t17-,18+,19-,21?,25?/m0/s1. The number of esters is 1. The van der Waals surface area contributed by atoms with E-state index in [0.717, 1.165) is 36.1 Å². The number of carbonyl (C=O) groups is 3. The number of aliphatic hydroxyl groups is 1. The van der Waals surface area contributed by atoms with E-state index in [0.29, 0.717) is 19.4 Å². The van der Waals surface area contributed by atoms with Crippen molar-refractivity contribution in [1.82, 2.24) is 4.90 Å². The van der Waals surface area contributed by atoms with Gasteiger partial charge in [0.05, 0.1) is 23.2 Å². The second kappa shape index (κ2) is 9.66. The van der Waals surface area contributed by atoms with Gasteiger partial charge in [-0.15, -0.1) is 11.8 Å². The molecule has 180 valence electrons. The van der Waals surface area contributed by atoms with Crippen LogP contribution in [0.1, 0.15) is 50.2 Å². The van der Waals surface area contributed by atoms with Crippen molar-refractivity contribution in [2.45, 2.75) is 68.9 Å². The second-order valence-electron chi connectivity index (χ2n) is 9.38. The van der Waals surface area contributed by atoms with Crippen LogP contribution in [0.25, 0.3) is 0 Å². The predicted octanol–water partition coefficient (Wildman–Crippen LogP) is 3.06. The van der Waals surface area contributed by atoms with Crippen molar-refractivity contribution in [3.8, 4) is 0 Å². The van der Waals surface area contributed by atoms with E-state index in [1.807, 2.05) is 32.0 Å². The molecular formula is C25H34N2O5S. The average Bonchev–Trinajstić information content (AvgIpc) is 3.41. The van der Waals surface area contributed by atoms with Gasteiger partial charge in [-0.25, -0.2) is 0 Å². The first-order valence-corrected chi connectivity index (χ1v) is 12.9. The molecule has 3 aliphatic heterocycles. The predicted molar refractivity (Wildman–Crippen MR) is 128 cm³/mol. The quantitative estimate of drug-likeness (QED) is 0.422. The third-order valence-electron chi connectivity index (χ3n) is 7.39. The molecule has 0 aromatic heterocycles. The summed E-state index contributed by atoms with van der Waals surface area (Å²) in [5.41, 5.74) is 2.74. The van der Waals surface area contributed by atoms with Crippen molar-refractivity contribution >= 4 is 35.2 Å². The smallest absolute Gasteiger partial charge is 0.310 e. The Kier molecular flexibility index (Phi) is 7.05.